The molecule has 102 valence electrons. The molecule has 0 spiro atoms. The van der Waals surface area contributed by atoms with Crippen LogP contribution in [0.2, 0.25) is 0 Å². The maximum absolute atomic E-state index is 13.3. The second kappa shape index (κ2) is 6.09. The van der Waals surface area contributed by atoms with Crippen LogP contribution in [0.5, 0.6) is 0 Å². The molecule has 2 heterocycles. The Balaban J connectivity index is 0.00000133. The van der Waals surface area contributed by atoms with Gasteiger partial charge in [-0.3, -0.25) is 4.99 Å². The van der Waals surface area contributed by atoms with Gasteiger partial charge in [0.1, 0.15) is 5.82 Å². The highest BCUT2D eigenvalue weighted by molar-refractivity contribution is 8.93. The average molecular weight is 343 g/mol. The molecule has 0 radical (unpaired) electrons. The number of rotatable bonds is 1. The van der Waals surface area contributed by atoms with Gasteiger partial charge in [0.2, 0.25) is 0 Å². The summed E-state index contributed by atoms with van der Waals surface area (Å²) < 4.78 is 13.3. The number of hydrogen-bond donors (Lipinski definition) is 0. The summed E-state index contributed by atoms with van der Waals surface area (Å²) in [5, 5.41) is 3.21. The zero-order valence-electron chi connectivity index (χ0n) is 10.7. The molecule has 0 N–H and O–H groups in total. The van der Waals surface area contributed by atoms with Crippen LogP contribution in [0.1, 0.15) is 24.0 Å². The second-order valence-corrected chi connectivity index (χ2v) is 5.44. The molecular weight excluding hydrogens is 327 g/mol. The minimum atomic E-state index is -0.144. The lowest BCUT2D eigenvalue weighted by Gasteiger charge is -2.21. The van der Waals surface area contributed by atoms with Gasteiger partial charge < -0.3 is 4.90 Å². The van der Waals surface area contributed by atoms with E-state index in [-0.39, 0.29) is 22.8 Å². The predicted octanol–water partition coefficient (Wildman–Crippen LogP) is 4.21. The second-order valence-electron chi connectivity index (χ2n) is 4.61. The van der Waals surface area contributed by atoms with Crippen molar-refractivity contribution in [3.8, 4) is 0 Å². The molecule has 2 aliphatic heterocycles. The lowest BCUT2D eigenvalue weighted by molar-refractivity contribution is 0.571. The zero-order chi connectivity index (χ0) is 12.5. The lowest BCUT2D eigenvalue weighted by atomic mass is 10.1. The molecule has 0 aliphatic carbocycles. The fraction of sp³-hybridized carbons (Fsp3) is 0.357. The minimum absolute atomic E-state index is 0. The first-order valence-electron chi connectivity index (χ1n) is 6.21. The van der Waals surface area contributed by atoms with Crippen molar-refractivity contribution in [2.45, 2.75) is 19.8 Å². The van der Waals surface area contributed by atoms with Crippen molar-refractivity contribution in [1.82, 2.24) is 4.90 Å². The van der Waals surface area contributed by atoms with Crippen molar-refractivity contribution in [3.63, 3.8) is 0 Å². The Morgan fingerprint density at radius 2 is 2.16 bits per heavy atom. The Bertz CT molecular complexity index is 542. The Morgan fingerprint density at radius 1 is 1.32 bits per heavy atom. The van der Waals surface area contributed by atoms with E-state index in [1.54, 1.807) is 24.8 Å². The fourth-order valence-corrected chi connectivity index (χ4v) is 3.22. The summed E-state index contributed by atoms with van der Waals surface area (Å²) in [5.41, 5.74) is 2.93. The molecule has 0 bridgehead atoms. The Morgan fingerprint density at radius 3 is 2.95 bits per heavy atom. The summed E-state index contributed by atoms with van der Waals surface area (Å²) in [6.45, 7) is 3.73. The Hall–Kier alpha value is -0.810. The van der Waals surface area contributed by atoms with Crippen LogP contribution < -0.4 is 0 Å². The third-order valence-electron chi connectivity index (χ3n) is 3.29. The molecule has 3 rings (SSSR count). The van der Waals surface area contributed by atoms with E-state index in [2.05, 4.69) is 15.3 Å². The number of fused-ring (bicyclic) bond motifs is 1. The Kier molecular flexibility index (Phi) is 4.68. The molecule has 2 nitrogen and oxygen atoms in total. The molecule has 1 aromatic rings. The van der Waals surface area contributed by atoms with Crippen LogP contribution in [0.25, 0.3) is 5.70 Å². The quantitative estimate of drug-likeness (QED) is 0.759. The van der Waals surface area contributed by atoms with Crippen molar-refractivity contribution in [2.24, 2.45) is 4.99 Å². The van der Waals surface area contributed by atoms with Crippen molar-refractivity contribution >= 4 is 39.6 Å². The molecule has 0 fully saturated rings. The predicted molar refractivity (Wildman–Crippen MR) is 85.3 cm³/mol. The number of thioether (sulfide) groups is 1. The Labute approximate surface area is 127 Å². The van der Waals surface area contributed by atoms with E-state index < -0.39 is 0 Å². The number of amidine groups is 1. The third kappa shape index (κ3) is 2.87. The van der Waals surface area contributed by atoms with Crippen LogP contribution in [0.4, 0.5) is 4.39 Å². The molecule has 0 unspecified atom stereocenters. The first-order valence-corrected chi connectivity index (χ1v) is 7.09. The topological polar surface area (TPSA) is 15.6 Å². The molecular formula is C14H16BrFN2S. The molecule has 5 heteroatoms. The van der Waals surface area contributed by atoms with E-state index in [4.69, 9.17) is 0 Å². The highest BCUT2D eigenvalue weighted by Crippen LogP contribution is 2.35. The van der Waals surface area contributed by atoms with Crippen molar-refractivity contribution in [1.29, 1.82) is 0 Å². The molecule has 19 heavy (non-hydrogen) atoms. The normalized spacial score (nSPS) is 18.1. The van der Waals surface area contributed by atoms with E-state index in [0.717, 1.165) is 42.4 Å². The van der Waals surface area contributed by atoms with Crippen LogP contribution >= 0.6 is 28.7 Å². The highest BCUT2D eigenvalue weighted by atomic mass is 79.9. The van der Waals surface area contributed by atoms with Gasteiger partial charge in [0.25, 0.3) is 0 Å². The van der Waals surface area contributed by atoms with Crippen LogP contribution in [0.15, 0.2) is 28.6 Å². The molecule has 0 amide bonds. The molecule has 0 saturated heterocycles. The number of aliphatic imine (C=N–C) groups is 1. The number of nitrogens with zero attached hydrogens (tertiary/aromatic N) is 2. The van der Waals surface area contributed by atoms with Gasteiger partial charge in [-0.05, 0) is 49.1 Å². The van der Waals surface area contributed by atoms with Gasteiger partial charge in [-0.25, -0.2) is 4.39 Å². The van der Waals surface area contributed by atoms with Crippen LogP contribution in [0.3, 0.4) is 0 Å². The minimum Gasteiger partial charge on any atom is -0.320 e. The summed E-state index contributed by atoms with van der Waals surface area (Å²) >= 11 is 1.67. The maximum Gasteiger partial charge on any atom is 0.168 e. The monoisotopic (exact) mass is 342 g/mol. The zero-order valence-corrected chi connectivity index (χ0v) is 13.3. The van der Waals surface area contributed by atoms with Crippen LogP contribution in [-0.2, 0) is 0 Å². The first kappa shape index (κ1) is 14.6. The number of benzene rings is 1. The molecule has 2 aliphatic rings. The van der Waals surface area contributed by atoms with E-state index in [1.165, 1.54) is 0 Å². The highest BCUT2D eigenvalue weighted by Gasteiger charge is 2.25. The molecule has 0 saturated carbocycles. The SMILES string of the molecule is Br.Cc1cc(C2=CSC3=NCCCCN23)ccc1F. The first-order chi connectivity index (χ1) is 8.75. The fourth-order valence-electron chi connectivity index (χ4n) is 2.26. The smallest absolute Gasteiger partial charge is 0.168 e. The average Bonchev–Trinajstić information content (AvgIpc) is 2.62. The van der Waals surface area contributed by atoms with Gasteiger partial charge in [-0.1, -0.05) is 11.8 Å². The van der Waals surface area contributed by atoms with Gasteiger partial charge >= 0.3 is 0 Å². The van der Waals surface area contributed by atoms with E-state index in [9.17, 15) is 4.39 Å². The number of halogens is 2. The summed E-state index contributed by atoms with van der Waals surface area (Å²) in [6.07, 6.45) is 2.31. The maximum atomic E-state index is 13.3. The van der Waals surface area contributed by atoms with E-state index in [1.807, 2.05) is 12.1 Å². The van der Waals surface area contributed by atoms with Gasteiger partial charge in [-0.2, -0.15) is 0 Å². The summed E-state index contributed by atoms with van der Waals surface area (Å²) in [4.78, 5) is 6.83. The van der Waals surface area contributed by atoms with E-state index >= 15 is 0 Å². The third-order valence-corrected chi connectivity index (χ3v) is 4.19. The van der Waals surface area contributed by atoms with Crippen LogP contribution in [-0.4, -0.2) is 23.2 Å². The van der Waals surface area contributed by atoms with E-state index in [0.29, 0.717) is 5.56 Å². The van der Waals surface area contributed by atoms with Gasteiger partial charge in [-0.15, -0.1) is 17.0 Å². The summed E-state index contributed by atoms with van der Waals surface area (Å²) in [7, 11) is 0. The molecule has 0 atom stereocenters. The molecule has 0 aromatic heterocycles. The number of aryl methyl sites for hydroxylation is 1. The summed E-state index contributed by atoms with van der Waals surface area (Å²) in [5.74, 6) is -0.144. The standard InChI is InChI=1S/C14H15FN2S.BrH/c1-10-8-11(4-5-12(10)15)13-9-18-14-16-6-2-3-7-17(13)14;/h4-5,8-9H,2-3,6-7H2,1H3;1H. The van der Waals surface area contributed by atoms with Gasteiger partial charge in [0.05, 0.1) is 5.70 Å². The molecule has 1 aromatic carbocycles. The van der Waals surface area contributed by atoms with Crippen molar-refractivity contribution in [3.05, 3.63) is 40.6 Å². The van der Waals surface area contributed by atoms with Crippen LogP contribution in [0, 0.1) is 12.7 Å². The summed E-state index contributed by atoms with van der Waals surface area (Å²) in [6, 6.07) is 5.31. The largest absolute Gasteiger partial charge is 0.320 e. The number of hydrogen-bond acceptors (Lipinski definition) is 3. The van der Waals surface area contributed by atoms with Gasteiger partial charge in [0.15, 0.2) is 5.17 Å². The lowest BCUT2D eigenvalue weighted by Crippen LogP contribution is -2.23. The van der Waals surface area contributed by atoms with Crippen molar-refractivity contribution < 1.29 is 4.39 Å². The van der Waals surface area contributed by atoms with Gasteiger partial charge in [0, 0.05) is 18.5 Å². The van der Waals surface area contributed by atoms with Crippen molar-refractivity contribution in [2.75, 3.05) is 13.1 Å².